The molecule has 2 N–H and O–H groups in total. The standard InChI is InChI=1S/C18H26N2O2/c21-17-10-16(11-19-18(22)9-14-7-4-8-14)20(13-17)12-15-5-2-1-3-6-15/h1-3,5-6,14,16-17,21H,4,7-13H2,(H,19,22). The van der Waals surface area contributed by atoms with Gasteiger partial charge in [-0.2, -0.15) is 0 Å². The van der Waals surface area contributed by atoms with Crippen LogP contribution in [-0.2, 0) is 11.3 Å². The van der Waals surface area contributed by atoms with E-state index < -0.39 is 0 Å². The van der Waals surface area contributed by atoms with Crippen LogP contribution in [0.1, 0.15) is 37.7 Å². The van der Waals surface area contributed by atoms with Gasteiger partial charge in [-0.3, -0.25) is 9.69 Å². The van der Waals surface area contributed by atoms with Crippen molar-refractivity contribution in [2.45, 2.75) is 50.8 Å². The molecular weight excluding hydrogens is 276 g/mol. The lowest BCUT2D eigenvalue weighted by Crippen LogP contribution is -2.40. The van der Waals surface area contributed by atoms with Gasteiger partial charge in [-0.1, -0.05) is 36.8 Å². The molecule has 1 aromatic carbocycles. The zero-order valence-electron chi connectivity index (χ0n) is 13.1. The van der Waals surface area contributed by atoms with Crippen LogP contribution in [0.2, 0.25) is 0 Å². The van der Waals surface area contributed by atoms with Gasteiger partial charge in [-0.25, -0.2) is 0 Å². The number of rotatable bonds is 6. The lowest BCUT2D eigenvalue weighted by atomic mass is 9.83. The number of benzene rings is 1. The molecule has 120 valence electrons. The molecule has 2 fully saturated rings. The first-order valence-corrected chi connectivity index (χ1v) is 8.43. The molecule has 1 aliphatic heterocycles. The summed E-state index contributed by atoms with van der Waals surface area (Å²) in [4.78, 5) is 14.2. The third-order valence-electron chi connectivity index (χ3n) is 4.97. The normalized spacial score (nSPS) is 25.9. The molecule has 4 heteroatoms. The summed E-state index contributed by atoms with van der Waals surface area (Å²) in [5.41, 5.74) is 1.25. The van der Waals surface area contributed by atoms with Crippen LogP contribution in [0.5, 0.6) is 0 Å². The smallest absolute Gasteiger partial charge is 0.220 e. The summed E-state index contributed by atoms with van der Waals surface area (Å²) in [6.07, 6.45) is 4.82. The van der Waals surface area contributed by atoms with E-state index in [2.05, 4.69) is 22.3 Å². The summed E-state index contributed by atoms with van der Waals surface area (Å²) in [6, 6.07) is 10.5. The Morgan fingerprint density at radius 1 is 1.27 bits per heavy atom. The van der Waals surface area contributed by atoms with Gasteiger partial charge in [0.05, 0.1) is 6.10 Å². The maximum atomic E-state index is 12.0. The van der Waals surface area contributed by atoms with Gasteiger partial charge in [0.25, 0.3) is 0 Å². The summed E-state index contributed by atoms with van der Waals surface area (Å²) >= 11 is 0. The molecule has 2 atom stereocenters. The van der Waals surface area contributed by atoms with Crippen LogP contribution in [-0.4, -0.2) is 41.1 Å². The fraction of sp³-hybridized carbons (Fsp3) is 0.611. The SMILES string of the molecule is O=C(CC1CCC1)NCC1CC(O)CN1Cc1ccccc1. The number of hydrogen-bond donors (Lipinski definition) is 2. The zero-order chi connectivity index (χ0) is 15.4. The van der Waals surface area contributed by atoms with E-state index in [0.29, 0.717) is 25.4 Å². The molecule has 22 heavy (non-hydrogen) atoms. The number of likely N-dealkylation sites (tertiary alicyclic amines) is 1. The lowest BCUT2D eigenvalue weighted by Gasteiger charge is -2.26. The molecule has 4 nitrogen and oxygen atoms in total. The number of amides is 1. The van der Waals surface area contributed by atoms with Crippen molar-refractivity contribution in [2.75, 3.05) is 13.1 Å². The number of carbonyl (C=O) groups is 1. The molecular formula is C18H26N2O2. The Balaban J connectivity index is 1.48. The minimum absolute atomic E-state index is 0.172. The largest absolute Gasteiger partial charge is 0.392 e. The van der Waals surface area contributed by atoms with Gasteiger partial charge < -0.3 is 10.4 Å². The average molecular weight is 302 g/mol. The Morgan fingerprint density at radius 3 is 2.73 bits per heavy atom. The molecule has 3 rings (SSSR count). The maximum Gasteiger partial charge on any atom is 0.220 e. The van der Waals surface area contributed by atoms with Gasteiger partial charge in [0.1, 0.15) is 0 Å². The van der Waals surface area contributed by atoms with E-state index in [1.165, 1.54) is 24.8 Å². The fourth-order valence-electron chi connectivity index (χ4n) is 3.44. The van der Waals surface area contributed by atoms with Crippen LogP contribution < -0.4 is 5.32 Å². The molecule has 1 amide bonds. The summed E-state index contributed by atoms with van der Waals surface area (Å²) < 4.78 is 0. The summed E-state index contributed by atoms with van der Waals surface area (Å²) in [5.74, 6) is 0.778. The van der Waals surface area contributed by atoms with Crippen LogP contribution >= 0.6 is 0 Å². The van der Waals surface area contributed by atoms with Crippen LogP contribution in [0.4, 0.5) is 0 Å². The van der Waals surface area contributed by atoms with Crippen LogP contribution in [0.15, 0.2) is 30.3 Å². The maximum absolute atomic E-state index is 12.0. The molecule has 1 saturated carbocycles. The minimum Gasteiger partial charge on any atom is -0.392 e. The molecule has 0 aromatic heterocycles. The molecule has 1 aromatic rings. The number of β-amino-alcohol motifs (C(OH)–C–C–N with tert-alkyl or cyclic N) is 1. The predicted molar refractivity (Wildman–Crippen MR) is 86.2 cm³/mol. The van der Waals surface area contributed by atoms with Crippen LogP contribution in [0.3, 0.4) is 0 Å². The Bertz CT molecular complexity index is 487. The van der Waals surface area contributed by atoms with Gasteiger partial charge in [0, 0.05) is 32.1 Å². The Morgan fingerprint density at radius 2 is 2.05 bits per heavy atom. The summed E-state index contributed by atoms with van der Waals surface area (Å²) in [7, 11) is 0. The highest BCUT2D eigenvalue weighted by Gasteiger charge is 2.31. The molecule has 0 bridgehead atoms. The zero-order valence-corrected chi connectivity index (χ0v) is 13.1. The van der Waals surface area contributed by atoms with Crippen LogP contribution in [0, 0.1) is 5.92 Å². The lowest BCUT2D eigenvalue weighted by molar-refractivity contribution is -0.122. The first-order chi connectivity index (χ1) is 10.7. The molecule has 1 heterocycles. The molecule has 2 aliphatic rings. The molecule has 1 aliphatic carbocycles. The number of nitrogens with zero attached hydrogens (tertiary/aromatic N) is 1. The van der Waals surface area contributed by atoms with Gasteiger partial charge in [-0.05, 0) is 30.7 Å². The predicted octanol–water partition coefficient (Wildman–Crippen LogP) is 1.93. The van der Waals surface area contributed by atoms with E-state index in [4.69, 9.17) is 0 Å². The van der Waals surface area contributed by atoms with E-state index >= 15 is 0 Å². The monoisotopic (exact) mass is 302 g/mol. The summed E-state index contributed by atoms with van der Waals surface area (Å²) in [6.45, 7) is 2.18. The van der Waals surface area contributed by atoms with Crippen molar-refractivity contribution >= 4 is 5.91 Å². The first kappa shape index (κ1) is 15.5. The number of nitrogens with one attached hydrogen (secondary N) is 1. The molecule has 1 saturated heterocycles. The van der Waals surface area contributed by atoms with E-state index in [1.807, 2.05) is 18.2 Å². The fourth-order valence-corrected chi connectivity index (χ4v) is 3.44. The number of carbonyl (C=O) groups excluding carboxylic acids is 1. The van der Waals surface area contributed by atoms with Crippen molar-refractivity contribution in [3.05, 3.63) is 35.9 Å². The highest BCUT2D eigenvalue weighted by molar-refractivity contribution is 5.76. The van der Waals surface area contributed by atoms with Gasteiger partial charge in [-0.15, -0.1) is 0 Å². The number of aliphatic hydroxyl groups is 1. The Labute approximate surface area is 132 Å². The number of hydrogen-bond acceptors (Lipinski definition) is 3. The van der Waals surface area contributed by atoms with Crippen molar-refractivity contribution in [2.24, 2.45) is 5.92 Å². The Hall–Kier alpha value is -1.39. The van der Waals surface area contributed by atoms with Crippen molar-refractivity contribution in [3.8, 4) is 0 Å². The molecule has 0 spiro atoms. The van der Waals surface area contributed by atoms with Gasteiger partial charge in [0.2, 0.25) is 5.91 Å². The second-order valence-corrected chi connectivity index (χ2v) is 6.76. The molecule has 2 unspecified atom stereocenters. The van der Waals surface area contributed by atoms with Crippen LogP contribution in [0.25, 0.3) is 0 Å². The third kappa shape index (κ3) is 4.08. The quantitative estimate of drug-likeness (QED) is 0.844. The topological polar surface area (TPSA) is 52.6 Å². The van der Waals surface area contributed by atoms with Gasteiger partial charge >= 0.3 is 0 Å². The Kier molecular flexibility index (Phi) is 5.11. The first-order valence-electron chi connectivity index (χ1n) is 8.43. The van der Waals surface area contributed by atoms with Crippen molar-refractivity contribution < 1.29 is 9.90 Å². The van der Waals surface area contributed by atoms with E-state index in [-0.39, 0.29) is 18.1 Å². The van der Waals surface area contributed by atoms with E-state index in [9.17, 15) is 9.90 Å². The second kappa shape index (κ2) is 7.25. The molecule has 0 radical (unpaired) electrons. The van der Waals surface area contributed by atoms with Crippen molar-refractivity contribution in [3.63, 3.8) is 0 Å². The average Bonchev–Trinajstić information content (AvgIpc) is 2.82. The highest BCUT2D eigenvalue weighted by Crippen LogP contribution is 2.29. The van der Waals surface area contributed by atoms with Gasteiger partial charge in [0.15, 0.2) is 0 Å². The number of aliphatic hydroxyl groups excluding tert-OH is 1. The van der Waals surface area contributed by atoms with E-state index in [1.54, 1.807) is 0 Å². The second-order valence-electron chi connectivity index (χ2n) is 6.76. The highest BCUT2D eigenvalue weighted by atomic mass is 16.3. The van der Waals surface area contributed by atoms with E-state index in [0.717, 1.165) is 13.0 Å². The summed E-state index contributed by atoms with van der Waals surface area (Å²) in [5, 5.41) is 13.0. The third-order valence-corrected chi connectivity index (χ3v) is 4.97. The van der Waals surface area contributed by atoms with Crippen molar-refractivity contribution in [1.82, 2.24) is 10.2 Å². The minimum atomic E-state index is -0.280. The van der Waals surface area contributed by atoms with Crippen molar-refractivity contribution in [1.29, 1.82) is 0 Å².